The molecule has 1 unspecified atom stereocenters. The minimum Gasteiger partial charge on any atom is -0.272 e. The molecular weight excluding hydrogens is 172 g/mol. The molecule has 0 saturated heterocycles. The molecule has 1 aromatic rings. The van der Waals surface area contributed by atoms with Crippen LogP contribution in [0.3, 0.4) is 0 Å². The third kappa shape index (κ3) is 1.47. The Labute approximate surface area is 86.3 Å². The van der Waals surface area contributed by atoms with Crippen LogP contribution in [0, 0.1) is 0 Å². The molecule has 0 saturated carbocycles. The first-order valence-corrected chi connectivity index (χ1v) is 5.78. The predicted octanol–water partition coefficient (Wildman–Crippen LogP) is 2.81. The molecule has 1 atom stereocenters. The van der Waals surface area contributed by atoms with E-state index in [0.29, 0.717) is 5.92 Å². The van der Waals surface area contributed by atoms with Gasteiger partial charge in [-0.3, -0.25) is 4.68 Å². The van der Waals surface area contributed by atoms with Crippen LogP contribution in [-0.2, 0) is 19.9 Å². The summed E-state index contributed by atoms with van der Waals surface area (Å²) in [6.07, 6.45) is 6.34. The molecule has 0 aromatic carbocycles. The maximum absolute atomic E-state index is 4.67. The van der Waals surface area contributed by atoms with E-state index in [9.17, 15) is 0 Å². The first kappa shape index (κ1) is 9.75. The Kier molecular flexibility index (Phi) is 2.62. The summed E-state index contributed by atoms with van der Waals surface area (Å²) in [5.74, 6) is 0.646. The summed E-state index contributed by atoms with van der Waals surface area (Å²) in [6, 6.07) is 0. The molecule has 1 heterocycles. The summed E-state index contributed by atoms with van der Waals surface area (Å²) in [5.41, 5.74) is 4.43. The number of rotatable bonds is 3. The summed E-state index contributed by atoms with van der Waals surface area (Å²) in [5, 5.41) is 4.67. The molecule has 0 amide bonds. The maximum atomic E-state index is 4.67. The molecule has 78 valence electrons. The Hall–Kier alpha value is -0.790. The quantitative estimate of drug-likeness (QED) is 0.720. The second-order valence-corrected chi connectivity index (χ2v) is 4.48. The van der Waals surface area contributed by atoms with E-state index >= 15 is 0 Å². The number of hydrogen-bond acceptors (Lipinski definition) is 1. The van der Waals surface area contributed by atoms with Crippen LogP contribution in [0.1, 0.15) is 56.0 Å². The van der Waals surface area contributed by atoms with Gasteiger partial charge in [-0.1, -0.05) is 20.3 Å². The fraction of sp³-hybridized carbons (Fsp3) is 0.750. The Morgan fingerprint density at radius 2 is 2.21 bits per heavy atom. The summed E-state index contributed by atoms with van der Waals surface area (Å²) >= 11 is 0. The van der Waals surface area contributed by atoms with Crippen LogP contribution in [-0.4, -0.2) is 9.78 Å². The summed E-state index contributed by atoms with van der Waals surface area (Å²) in [6.45, 7) is 4.56. The lowest BCUT2D eigenvalue weighted by Gasteiger charge is -2.08. The average Bonchev–Trinajstić information content (AvgIpc) is 2.70. The normalized spacial score (nSPS) is 17.1. The van der Waals surface area contributed by atoms with Gasteiger partial charge in [-0.15, -0.1) is 0 Å². The second-order valence-electron chi connectivity index (χ2n) is 4.48. The number of nitrogens with zero attached hydrogens (tertiary/aromatic N) is 2. The van der Waals surface area contributed by atoms with Crippen molar-refractivity contribution in [2.75, 3.05) is 0 Å². The SMILES string of the molecule is CCCC(C)c1nn(C)c2c1CCC2. The van der Waals surface area contributed by atoms with Crippen molar-refractivity contribution in [1.82, 2.24) is 9.78 Å². The lowest BCUT2D eigenvalue weighted by atomic mass is 9.98. The van der Waals surface area contributed by atoms with Crippen molar-refractivity contribution in [3.63, 3.8) is 0 Å². The highest BCUT2D eigenvalue weighted by atomic mass is 15.3. The van der Waals surface area contributed by atoms with E-state index in [1.165, 1.54) is 43.5 Å². The Bertz CT molecular complexity index is 325. The fourth-order valence-electron chi connectivity index (χ4n) is 2.61. The zero-order valence-electron chi connectivity index (χ0n) is 9.51. The van der Waals surface area contributed by atoms with E-state index in [4.69, 9.17) is 0 Å². The van der Waals surface area contributed by atoms with Gasteiger partial charge in [0, 0.05) is 18.7 Å². The standard InChI is InChI=1S/C12H20N2/c1-4-6-9(2)12-10-7-5-8-11(10)14(3)13-12/h9H,4-8H2,1-3H3. The Balaban J connectivity index is 2.30. The van der Waals surface area contributed by atoms with Gasteiger partial charge in [0.1, 0.15) is 0 Å². The minimum absolute atomic E-state index is 0.646. The van der Waals surface area contributed by atoms with Gasteiger partial charge in [-0.2, -0.15) is 5.10 Å². The van der Waals surface area contributed by atoms with Crippen molar-refractivity contribution in [3.8, 4) is 0 Å². The third-order valence-electron chi connectivity index (χ3n) is 3.33. The van der Waals surface area contributed by atoms with E-state index in [0.717, 1.165) is 0 Å². The van der Waals surface area contributed by atoms with Crippen molar-refractivity contribution >= 4 is 0 Å². The van der Waals surface area contributed by atoms with Crippen molar-refractivity contribution in [2.24, 2.45) is 7.05 Å². The van der Waals surface area contributed by atoms with Crippen molar-refractivity contribution in [3.05, 3.63) is 17.0 Å². The van der Waals surface area contributed by atoms with Gasteiger partial charge >= 0.3 is 0 Å². The van der Waals surface area contributed by atoms with Gasteiger partial charge in [0.05, 0.1) is 5.69 Å². The van der Waals surface area contributed by atoms with Crippen molar-refractivity contribution in [2.45, 2.75) is 51.9 Å². The first-order chi connectivity index (χ1) is 6.74. The molecule has 2 heteroatoms. The minimum atomic E-state index is 0.646. The van der Waals surface area contributed by atoms with Crippen LogP contribution in [0.4, 0.5) is 0 Å². The predicted molar refractivity (Wildman–Crippen MR) is 58.6 cm³/mol. The highest BCUT2D eigenvalue weighted by Crippen LogP contribution is 2.30. The van der Waals surface area contributed by atoms with E-state index in [1.54, 1.807) is 5.56 Å². The van der Waals surface area contributed by atoms with E-state index in [2.05, 4.69) is 30.7 Å². The van der Waals surface area contributed by atoms with Gasteiger partial charge in [-0.05, 0) is 31.2 Å². The molecule has 14 heavy (non-hydrogen) atoms. The molecule has 0 aliphatic heterocycles. The lowest BCUT2D eigenvalue weighted by molar-refractivity contribution is 0.610. The third-order valence-corrected chi connectivity index (χ3v) is 3.33. The van der Waals surface area contributed by atoms with Gasteiger partial charge in [0.2, 0.25) is 0 Å². The zero-order valence-corrected chi connectivity index (χ0v) is 9.51. The average molecular weight is 192 g/mol. The van der Waals surface area contributed by atoms with Gasteiger partial charge in [-0.25, -0.2) is 0 Å². The van der Waals surface area contributed by atoms with Crippen LogP contribution < -0.4 is 0 Å². The van der Waals surface area contributed by atoms with Gasteiger partial charge in [0.25, 0.3) is 0 Å². The van der Waals surface area contributed by atoms with Crippen molar-refractivity contribution < 1.29 is 0 Å². The monoisotopic (exact) mass is 192 g/mol. The van der Waals surface area contributed by atoms with Gasteiger partial charge in [0.15, 0.2) is 0 Å². The molecule has 0 radical (unpaired) electrons. The Morgan fingerprint density at radius 1 is 1.43 bits per heavy atom. The molecule has 0 bridgehead atoms. The summed E-state index contributed by atoms with van der Waals surface area (Å²) < 4.78 is 2.10. The van der Waals surface area contributed by atoms with Crippen LogP contribution in [0.5, 0.6) is 0 Å². The van der Waals surface area contributed by atoms with Crippen LogP contribution in [0.15, 0.2) is 0 Å². The van der Waals surface area contributed by atoms with E-state index < -0.39 is 0 Å². The molecule has 0 spiro atoms. The molecule has 0 fully saturated rings. The highest BCUT2D eigenvalue weighted by molar-refractivity contribution is 5.32. The molecule has 2 rings (SSSR count). The Morgan fingerprint density at radius 3 is 2.93 bits per heavy atom. The second kappa shape index (κ2) is 3.76. The number of hydrogen-bond donors (Lipinski definition) is 0. The van der Waals surface area contributed by atoms with Crippen LogP contribution >= 0.6 is 0 Å². The van der Waals surface area contributed by atoms with E-state index in [-0.39, 0.29) is 0 Å². The fourth-order valence-corrected chi connectivity index (χ4v) is 2.61. The van der Waals surface area contributed by atoms with Crippen LogP contribution in [0.25, 0.3) is 0 Å². The first-order valence-electron chi connectivity index (χ1n) is 5.78. The molecule has 1 aliphatic carbocycles. The molecular formula is C12H20N2. The number of aryl methyl sites for hydroxylation is 1. The molecule has 2 nitrogen and oxygen atoms in total. The molecule has 1 aliphatic rings. The molecule has 1 aromatic heterocycles. The number of fused-ring (bicyclic) bond motifs is 1. The van der Waals surface area contributed by atoms with Crippen LogP contribution in [0.2, 0.25) is 0 Å². The smallest absolute Gasteiger partial charge is 0.0687 e. The van der Waals surface area contributed by atoms with E-state index in [1.807, 2.05) is 0 Å². The summed E-state index contributed by atoms with van der Waals surface area (Å²) in [7, 11) is 2.09. The number of aromatic nitrogens is 2. The largest absolute Gasteiger partial charge is 0.272 e. The van der Waals surface area contributed by atoms with Crippen molar-refractivity contribution in [1.29, 1.82) is 0 Å². The molecule has 0 N–H and O–H groups in total. The topological polar surface area (TPSA) is 17.8 Å². The lowest BCUT2D eigenvalue weighted by Crippen LogP contribution is -2.00. The zero-order chi connectivity index (χ0) is 10.1. The highest BCUT2D eigenvalue weighted by Gasteiger charge is 2.23. The maximum Gasteiger partial charge on any atom is 0.0687 e. The summed E-state index contributed by atoms with van der Waals surface area (Å²) in [4.78, 5) is 0. The van der Waals surface area contributed by atoms with Gasteiger partial charge < -0.3 is 0 Å².